The summed E-state index contributed by atoms with van der Waals surface area (Å²) in [6.07, 6.45) is 3.21. The number of benzene rings is 1. The lowest BCUT2D eigenvalue weighted by molar-refractivity contribution is 0.683. The smallest absolute Gasteiger partial charge is 0.191 e. The maximum Gasteiger partial charge on any atom is 0.191 e. The molecule has 2 atom stereocenters. The van der Waals surface area contributed by atoms with Gasteiger partial charge in [0, 0.05) is 18.8 Å². The highest BCUT2D eigenvalue weighted by Gasteiger charge is 2.08. The largest absolute Gasteiger partial charge is 0.355 e. The topological polar surface area (TPSA) is 36.4 Å². The molecular weight excluding hydrogens is 393 g/mol. The van der Waals surface area contributed by atoms with Gasteiger partial charge in [0.15, 0.2) is 5.96 Å². The van der Waals surface area contributed by atoms with Gasteiger partial charge >= 0.3 is 0 Å². The number of rotatable bonds is 6. The van der Waals surface area contributed by atoms with Gasteiger partial charge in [-0.2, -0.15) is 11.8 Å². The zero-order valence-corrected chi connectivity index (χ0v) is 16.8. The lowest BCUT2D eigenvalue weighted by atomic mass is 10.1. The van der Waals surface area contributed by atoms with Gasteiger partial charge in [-0.1, -0.05) is 38.1 Å². The minimum absolute atomic E-state index is 0. The average molecular weight is 421 g/mol. The number of guanidine groups is 1. The van der Waals surface area contributed by atoms with E-state index in [0.717, 1.165) is 18.9 Å². The number of hydrogen-bond acceptors (Lipinski definition) is 2. The van der Waals surface area contributed by atoms with E-state index < -0.39 is 0 Å². The molecule has 0 spiro atoms. The number of nitrogens with one attached hydrogen (secondary N) is 2. The van der Waals surface area contributed by atoms with E-state index in [4.69, 9.17) is 0 Å². The van der Waals surface area contributed by atoms with Gasteiger partial charge in [-0.15, -0.1) is 24.0 Å². The first-order chi connectivity index (χ1) is 9.60. The monoisotopic (exact) mass is 421 g/mol. The molecule has 1 aromatic rings. The van der Waals surface area contributed by atoms with Gasteiger partial charge < -0.3 is 10.6 Å². The van der Waals surface area contributed by atoms with E-state index in [1.165, 1.54) is 11.1 Å². The van der Waals surface area contributed by atoms with Crippen molar-refractivity contribution in [3.05, 3.63) is 35.4 Å². The Balaban J connectivity index is 0.00000400. The predicted molar refractivity (Wildman–Crippen MR) is 107 cm³/mol. The van der Waals surface area contributed by atoms with Crippen LogP contribution in [0.15, 0.2) is 29.3 Å². The summed E-state index contributed by atoms with van der Waals surface area (Å²) in [6, 6.07) is 9.01. The Morgan fingerprint density at radius 3 is 2.33 bits per heavy atom. The van der Waals surface area contributed by atoms with Crippen molar-refractivity contribution in [1.82, 2.24) is 10.6 Å². The molecule has 0 aliphatic rings. The molecule has 0 aliphatic heterocycles. The zero-order chi connectivity index (χ0) is 15.0. The molecule has 0 heterocycles. The summed E-state index contributed by atoms with van der Waals surface area (Å²) in [5.41, 5.74) is 2.65. The average Bonchev–Trinajstić information content (AvgIpc) is 2.50. The molecule has 0 aliphatic carbocycles. The molecule has 0 radical (unpaired) electrons. The minimum atomic E-state index is 0. The van der Waals surface area contributed by atoms with Crippen molar-refractivity contribution in [1.29, 1.82) is 0 Å². The first-order valence-corrected chi connectivity index (χ1v) is 8.48. The highest BCUT2D eigenvalue weighted by molar-refractivity contribution is 14.0. The number of hydrogen-bond donors (Lipinski definition) is 2. The van der Waals surface area contributed by atoms with Gasteiger partial charge in [0.05, 0.1) is 6.04 Å². The highest BCUT2D eigenvalue weighted by Crippen LogP contribution is 2.13. The molecule has 0 bridgehead atoms. The second-order valence-electron chi connectivity index (χ2n) is 4.96. The minimum Gasteiger partial charge on any atom is -0.355 e. The third-order valence-corrected chi connectivity index (χ3v) is 4.40. The van der Waals surface area contributed by atoms with Crippen LogP contribution in [-0.4, -0.2) is 31.1 Å². The number of aliphatic imine (C=N–C) groups is 1. The maximum atomic E-state index is 4.28. The Bertz CT molecular complexity index is 420. The molecule has 0 amide bonds. The lowest BCUT2D eigenvalue weighted by Crippen LogP contribution is -2.41. The second-order valence-corrected chi connectivity index (χ2v) is 6.24. The fourth-order valence-electron chi connectivity index (χ4n) is 1.85. The molecular formula is C16H28IN3S. The second kappa shape index (κ2) is 11.2. The van der Waals surface area contributed by atoms with Crippen molar-refractivity contribution in [3.63, 3.8) is 0 Å². The molecule has 21 heavy (non-hydrogen) atoms. The molecule has 0 aromatic heterocycles. The third-order valence-electron chi connectivity index (χ3n) is 3.42. The summed E-state index contributed by atoms with van der Waals surface area (Å²) in [5.74, 6) is 0.859. The van der Waals surface area contributed by atoms with E-state index in [2.05, 4.69) is 66.9 Å². The predicted octanol–water partition coefficient (Wildman–Crippen LogP) is 3.84. The zero-order valence-electron chi connectivity index (χ0n) is 13.6. The molecule has 5 heteroatoms. The maximum absolute atomic E-state index is 4.28. The van der Waals surface area contributed by atoms with Gasteiger partial charge in [-0.05, 0) is 30.7 Å². The Kier molecular flexibility index (Phi) is 11.0. The molecule has 0 saturated heterocycles. The van der Waals surface area contributed by atoms with Gasteiger partial charge in [-0.25, -0.2) is 0 Å². The van der Waals surface area contributed by atoms with Crippen LogP contribution < -0.4 is 10.6 Å². The lowest BCUT2D eigenvalue weighted by Gasteiger charge is -2.19. The standard InChI is InChI=1S/C16H27N3S.HI/c1-6-14-7-9-15(10-8-14)13(3)19-16(17-4)18-11-12(2)20-5;/h7-10,12-13H,6,11H2,1-5H3,(H2,17,18,19);1H. The molecule has 1 rings (SSSR count). The van der Waals surface area contributed by atoms with Crippen LogP contribution in [0.1, 0.15) is 37.9 Å². The summed E-state index contributed by atoms with van der Waals surface area (Å²) in [4.78, 5) is 4.28. The number of aryl methyl sites for hydroxylation is 1. The van der Waals surface area contributed by atoms with E-state index in [1.54, 1.807) is 0 Å². The van der Waals surface area contributed by atoms with Crippen LogP contribution in [0.2, 0.25) is 0 Å². The number of thioether (sulfide) groups is 1. The van der Waals surface area contributed by atoms with E-state index in [0.29, 0.717) is 5.25 Å². The van der Waals surface area contributed by atoms with Crippen molar-refractivity contribution >= 4 is 41.7 Å². The Labute approximate surface area is 150 Å². The fraction of sp³-hybridized carbons (Fsp3) is 0.562. The van der Waals surface area contributed by atoms with Crippen LogP contribution in [0.5, 0.6) is 0 Å². The summed E-state index contributed by atoms with van der Waals surface area (Å²) in [6.45, 7) is 7.46. The first kappa shape index (κ1) is 20.6. The van der Waals surface area contributed by atoms with E-state index >= 15 is 0 Å². The van der Waals surface area contributed by atoms with Crippen molar-refractivity contribution in [2.75, 3.05) is 19.8 Å². The molecule has 120 valence electrons. The van der Waals surface area contributed by atoms with Crippen molar-refractivity contribution < 1.29 is 0 Å². The highest BCUT2D eigenvalue weighted by atomic mass is 127. The van der Waals surface area contributed by atoms with Crippen LogP contribution >= 0.6 is 35.7 Å². The number of nitrogens with zero attached hydrogens (tertiary/aromatic N) is 1. The van der Waals surface area contributed by atoms with Crippen LogP contribution in [0.25, 0.3) is 0 Å². The van der Waals surface area contributed by atoms with Gasteiger partial charge in [-0.3, -0.25) is 4.99 Å². The molecule has 2 unspecified atom stereocenters. The molecule has 2 N–H and O–H groups in total. The summed E-state index contributed by atoms with van der Waals surface area (Å²) in [5, 5.41) is 7.37. The van der Waals surface area contributed by atoms with Crippen molar-refractivity contribution in [2.45, 2.75) is 38.5 Å². The van der Waals surface area contributed by atoms with Gasteiger partial charge in [0.1, 0.15) is 0 Å². The molecule has 1 aromatic carbocycles. The molecule has 3 nitrogen and oxygen atoms in total. The summed E-state index contributed by atoms with van der Waals surface area (Å²) >= 11 is 1.85. The Hall–Kier alpha value is -0.430. The van der Waals surface area contributed by atoms with Gasteiger partial charge in [0.2, 0.25) is 0 Å². The van der Waals surface area contributed by atoms with Crippen LogP contribution in [0.4, 0.5) is 0 Å². The van der Waals surface area contributed by atoms with Gasteiger partial charge in [0.25, 0.3) is 0 Å². The van der Waals surface area contributed by atoms with E-state index in [1.807, 2.05) is 18.8 Å². The van der Waals surface area contributed by atoms with Crippen LogP contribution in [0.3, 0.4) is 0 Å². The van der Waals surface area contributed by atoms with Crippen LogP contribution in [-0.2, 0) is 6.42 Å². The van der Waals surface area contributed by atoms with Crippen LogP contribution in [0, 0.1) is 0 Å². The normalized spacial score (nSPS) is 14.0. The fourth-order valence-corrected chi connectivity index (χ4v) is 2.10. The first-order valence-electron chi connectivity index (χ1n) is 7.19. The quantitative estimate of drug-likeness (QED) is 0.416. The van der Waals surface area contributed by atoms with E-state index in [9.17, 15) is 0 Å². The third kappa shape index (κ3) is 7.40. The number of halogens is 1. The molecule has 0 saturated carbocycles. The van der Waals surface area contributed by atoms with Crippen molar-refractivity contribution in [2.24, 2.45) is 4.99 Å². The summed E-state index contributed by atoms with van der Waals surface area (Å²) in [7, 11) is 1.81. The molecule has 0 fully saturated rings. The SMILES string of the molecule is CCc1ccc(C(C)NC(=NC)NCC(C)SC)cc1.I. The summed E-state index contributed by atoms with van der Waals surface area (Å²) < 4.78 is 0. The van der Waals surface area contributed by atoms with E-state index in [-0.39, 0.29) is 30.0 Å². The Morgan fingerprint density at radius 1 is 1.24 bits per heavy atom. The van der Waals surface area contributed by atoms with Crippen molar-refractivity contribution in [3.8, 4) is 0 Å². The Morgan fingerprint density at radius 2 is 1.86 bits per heavy atom.